The maximum absolute atomic E-state index is 12.5. The van der Waals surface area contributed by atoms with Gasteiger partial charge in [-0.25, -0.2) is 4.79 Å². The quantitative estimate of drug-likeness (QED) is 0.323. The summed E-state index contributed by atoms with van der Waals surface area (Å²) in [5.74, 6) is -2.22. The van der Waals surface area contributed by atoms with Gasteiger partial charge in [0, 0.05) is 18.5 Å². The Kier molecular flexibility index (Phi) is 7.08. The molecule has 2 heterocycles. The summed E-state index contributed by atoms with van der Waals surface area (Å²) in [5, 5.41) is 23.5. The molecule has 0 fully saturated rings. The highest BCUT2D eigenvalue weighted by Gasteiger charge is 2.23. The largest absolute Gasteiger partial charge is 0.481 e. The van der Waals surface area contributed by atoms with E-state index in [9.17, 15) is 24.3 Å². The Morgan fingerprint density at radius 1 is 1.28 bits per heavy atom. The number of aromatic nitrogens is 2. The lowest BCUT2D eigenvalue weighted by molar-refractivity contribution is -0.140. The molecule has 170 valence electrons. The first kappa shape index (κ1) is 22.8. The van der Waals surface area contributed by atoms with Crippen LogP contribution in [0, 0.1) is 5.92 Å². The lowest BCUT2D eigenvalue weighted by Crippen LogP contribution is -2.41. The first-order valence-corrected chi connectivity index (χ1v) is 10.2. The van der Waals surface area contributed by atoms with E-state index in [0.29, 0.717) is 36.3 Å². The van der Waals surface area contributed by atoms with Crippen molar-refractivity contribution >= 4 is 29.6 Å². The van der Waals surface area contributed by atoms with E-state index in [2.05, 4.69) is 20.6 Å². The first-order chi connectivity index (χ1) is 15.2. The molecule has 0 spiro atoms. The maximum atomic E-state index is 12.5. The molecular weight excluding hydrogens is 418 g/mol. The zero-order valence-corrected chi connectivity index (χ0v) is 17.3. The fraction of sp³-hybridized carbons (Fsp3) is 0.381. The Morgan fingerprint density at radius 3 is 2.78 bits per heavy atom. The minimum Gasteiger partial charge on any atom is -0.481 e. The second kappa shape index (κ2) is 9.94. The Labute approximate surface area is 183 Å². The third kappa shape index (κ3) is 5.84. The van der Waals surface area contributed by atoms with Crippen molar-refractivity contribution in [2.24, 2.45) is 5.92 Å². The highest BCUT2D eigenvalue weighted by Crippen LogP contribution is 2.23. The standard InChI is InChI=1S/C21H25N5O6/c22-21-25-17-14(19(30)26-21)9-12(10-23-17)5-4-11-2-1-3-13(8-11)18(29)24-15(20(31)32)6-7-16(27)28/h1-3,8,12,15H,4-7,9-10H2,(H,24,29)(H,27,28)(H,31,32)(H4,22,23,25,26,30)/t12?,15-/m0/s1. The maximum Gasteiger partial charge on any atom is 0.326 e. The van der Waals surface area contributed by atoms with Gasteiger partial charge in [0.2, 0.25) is 5.95 Å². The minimum absolute atomic E-state index is 0.0721. The zero-order chi connectivity index (χ0) is 23.3. The molecule has 1 amide bonds. The van der Waals surface area contributed by atoms with Crippen molar-refractivity contribution in [3.05, 3.63) is 51.3 Å². The highest BCUT2D eigenvalue weighted by atomic mass is 16.4. The molecule has 7 N–H and O–H groups in total. The van der Waals surface area contributed by atoms with E-state index in [1.807, 2.05) is 6.07 Å². The van der Waals surface area contributed by atoms with Crippen molar-refractivity contribution < 1.29 is 24.6 Å². The van der Waals surface area contributed by atoms with Crippen LogP contribution in [0.4, 0.5) is 11.8 Å². The number of nitrogens with two attached hydrogens (primary N) is 1. The molecule has 1 aromatic carbocycles. The summed E-state index contributed by atoms with van der Waals surface area (Å²) in [6, 6.07) is 5.56. The second-order valence-corrected chi connectivity index (χ2v) is 7.77. The first-order valence-electron chi connectivity index (χ1n) is 10.2. The molecule has 1 unspecified atom stereocenters. The number of carboxylic acids is 2. The smallest absolute Gasteiger partial charge is 0.326 e. The zero-order valence-electron chi connectivity index (χ0n) is 17.3. The Morgan fingerprint density at radius 2 is 2.06 bits per heavy atom. The molecule has 0 saturated carbocycles. The van der Waals surface area contributed by atoms with Gasteiger partial charge in [0.25, 0.3) is 11.5 Å². The number of benzene rings is 1. The SMILES string of the molecule is Nc1nc2c(c(=O)[nH]1)CC(CCc1cccc(C(=O)N[C@@H](CCC(=O)O)C(=O)O)c1)CN2. The number of hydrogen-bond acceptors (Lipinski definition) is 7. The van der Waals surface area contributed by atoms with E-state index < -0.39 is 23.9 Å². The number of aromatic amines is 1. The molecule has 0 bridgehead atoms. The Balaban J connectivity index is 1.60. The number of carbonyl (C=O) groups is 3. The van der Waals surface area contributed by atoms with E-state index in [1.165, 1.54) is 0 Å². The van der Waals surface area contributed by atoms with Gasteiger partial charge in [0.15, 0.2) is 0 Å². The number of carboxylic acid groups (broad SMARTS) is 2. The number of nitrogens with one attached hydrogen (secondary N) is 3. The monoisotopic (exact) mass is 443 g/mol. The van der Waals surface area contributed by atoms with Gasteiger partial charge in [-0.05, 0) is 49.3 Å². The normalized spacial score (nSPS) is 15.8. The average Bonchev–Trinajstić information content (AvgIpc) is 2.75. The van der Waals surface area contributed by atoms with E-state index in [1.54, 1.807) is 18.2 Å². The fourth-order valence-corrected chi connectivity index (χ4v) is 3.66. The summed E-state index contributed by atoms with van der Waals surface area (Å²) in [6.45, 7) is 0.646. The van der Waals surface area contributed by atoms with Crippen molar-refractivity contribution in [1.82, 2.24) is 15.3 Å². The van der Waals surface area contributed by atoms with E-state index in [4.69, 9.17) is 10.8 Å². The molecule has 3 rings (SSSR count). The van der Waals surface area contributed by atoms with Gasteiger partial charge in [-0.2, -0.15) is 4.98 Å². The van der Waals surface area contributed by atoms with Gasteiger partial charge in [0.1, 0.15) is 11.9 Å². The van der Waals surface area contributed by atoms with Crippen LogP contribution in [0.3, 0.4) is 0 Å². The van der Waals surface area contributed by atoms with Crippen LogP contribution >= 0.6 is 0 Å². The molecule has 32 heavy (non-hydrogen) atoms. The molecule has 1 aliphatic heterocycles. The second-order valence-electron chi connectivity index (χ2n) is 7.77. The highest BCUT2D eigenvalue weighted by molar-refractivity contribution is 5.96. The predicted molar refractivity (Wildman–Crippen MR) is 115 cm³/mol. The number of H-pyrrole nitrogens is 1. The number of aliphatic carboxylic acids is 2. The molecule has 0 saturated heterocycles. The Hall–Kier alpha value is -3.89. The molecule has 0 aliphatic carbocycles. The van der Waals surface area contributed by atoms with Crippen molar-refractivity contribution in [2.75, 3.05) is 17.6 Å². The number of rotatable bonds is 9. The van der Waals surface area contributed by atoms with Crippen LogP contribution in [0.5, 0.6) is 0 Å². The van der Waals surface area contributed by atoms with Gasteiger partial charge in [-0.1, -0.05) is 12.1 Å². The number of amides is 1. The molecule has 2 atom stereocenters. The van der Waals surface area contributed by atoms with Gasteiger partial charge in [0.05, 0.1) is 5.56 Å². The summed E-state index contributed by atoms with van der Waals surface area (Å²) in [4.78, 5) is 53.2. The lowest BCUT2D eigenvalue weighted by atomic mass is 9.90. The minimum atomic E-state index is -1.29. The third-order valence-electron chi connectivity index (χ3n) is 5.37. The summed E-state index contributed by atoms with van der Waals surface area (Å²) < 4.78 is 0. The van der Waals surface area contributed by atoms with Gasteiger partial charge < -0.3 is 26.6 Å². The number of nitrogens with zero attached hydrogens (tertiary/aromatic N) is 1. The summed E-state index contributed by atoms with van der Waals surface area (Å²) in [6.07, 6.45) is 1.42. The van der Waals surface area contributed by atoms with Crippen molar-refractivity contribution in [1.29, 1.82) is 0 Å². The summed E-state index contributed by atoms with van der Waals surface area (Å²) in [7, 11) is 0. The number of aryl methyl sites for hydroxylation is 1. The average molecular weight is 443 g/mol. The molecule has 2 aromatic rings. The van der Waals surface area contributed by atoms with Crippen molar-refractivity contribution in [3.63, 3.8) is 0 Å². The number of carbonyl (C=O) groups excluding carboxylic acids is 1. The fourth-order valence-electron chi connectivity index (χ4n) is 3.66. The number of nitrogen functional groups attached to an aromatic ring is 1. The Bertz CT molecular complexity index is 1080. The molecular formula is C21H25N5O6. The van der Waals surface area contributed by atoms with Crippen LogP contribution in [-0.2, 0) is 22.4 Å². The van der Waals surface area contributed by atoms with E-state index >= 15 is 0 Å². The molecule has 11 nitrogen and oxygen atoms in total. The van der Waals surface area contributed by atoms with Crippen molar-refractivity contribution in [2.45, 2.75) is 38.1 Å². The lowest BCUT2D eigenvalue weighted by Gasteiger charge is -2.24. The number of fused-ring (bicyclic) bond motifs is 1. The van der Waals surface area contributed by atoms with Crippen LogP contribution in [0.2, 0.25) is 0 Å². The summed E-state index contributed by atoms with van der Waals surface area (Å²) in [5.41, 5.74) is 7.08. The molecule has 11 heteroatoms. The number of anilines is 2. The predicted octanol–water partition coefficient (Wildman–Crippen LogP) is 0.617. The van der Waals surface area contributed by atoms with Crippen LogP contribution in [0.25, 0.3) is 0 Å². The van der Waals surface area contributed by atoms with Crippen LogP contribution < -0.4 is 21.9 Å². The van der Waals surface area contributed by atoms with Crippen molar-refractivity contribution in [3.8, 4) is 0 Å². The van der Waals surface area contributed by atoms with Crippen LogP contribution in [0.15, 0.2) is 29.1 Å². The van der Waals surface area contributed by atoms with E-state index in [-0.39, 0.29) is 30.3 Å². The van der Waals surface area contributed by atoms with Gasteiger partial charge in [-0.15, -0.1) is 0 Å². The number of hydrogen-bond donors (Lipinski definition) is 6. The van der Waals surface area contributed by atoms with Crippen LogP contribution in [0.1, 0.15) is 40.7 Å². The molecule has 1 aromatic heterocycles. The third-order valence-corrected chi connectivity index (χ3v) is 5.37. The van der Waals surface area contributed by atoms with Gasteiger partial charge in [-0.3, -0.25) is 19.4 Å². The summed E-state index contributed by atoms with van der Waals surface area (Å²) >= 11 is 0. The molecule has 0 radical (unpaired) electrons. The molecule has 1 aliphatic rings. The van der Waals surface area contributed by atoms with Gasteiger partial charge >= 0.3 is 11.9 Å². The topological polar surface area (TPSA) is 187 Å². The van der Waals surface area contributed by atoms with E-state index in [0.717, 1.165) is 12.0 Å². The van der Waals surface area contributed by atoms with Crippen LogP contribution in [-0.4, -0.2) is 50.6 Å².